The molecule has 0 amide bonds. The van der Waals surface area contributed by atoms with Gasteiger partial charge in [-0.2, -0.15) is 0 Å². The van der Waals surface area contributed by atoms with E-state index in [1.165, 1.54) is 0 Å². The van der Waals surface area contributed by atoms with Gasteiger partial charge >= 0.3 is 5.97 Å². The zero-order chi connectivity index (χ0) is 7.28. The fraction of sp³-hybridized carbons (Fsp3) is 0.500. The van der Waals surface area contributed by atoms with Crippen molar-refractivity contribution in [2.45, 2.75) is 0 Å². The molecule has 0 N–H and O–H groups in total. The van der Waals surface area contributed by atoms with E-state index in [0.717, 1.165) is 0 Å². The van der Waals surface area contributed by atoms with E-state index in [1.807, 2.05) is 0 Å². The molecule has 9 heavy (non-hydrogen) atoms. The maximum atomic E-state index is 10.2. The normalized spacial score (nSPS) is 8.67. The summed E-state index contributed by atoms with van der Waals surface area (Å²) in [6, 6.07) is 0. The summed E-state index contributed by atoms with van der Waals surface area (Å²) < 4.78 is 4.20. The minimum absolute atomic E-state index is 0.260. The number of rotatable bonds is 3. The second-order valence-corrected chi connectivity index (χ2v) is 1.84. The van der Waals surface area contributed by atoms with E-state index in [0.29, 0.717) is 0 Å². The highest BCUT2D eigenvalue weighted by Crippen LogP contribution is 1.85. The SMILES string of the molecule is O=C(Cl)COC(=O)CCl. The molecule has 0 saturated heterocycles. The molecule has 0 aliphatic rings. The summed E-state index contributed by atoms with van der Waals surface area (Å²) in [5.41, 5.74) is 0. The van der Waals surface area contributed by atoms with Crippen LogP contribution in [0.3, 0.4) is 0 Å². The quantitative estimate of drug-likeness (QED) is 0.353. The number of hydrogen-bond acceptors (Lipinski definition) is 3. The summed E-state index contributed by atoms with van der Waals surface area (Å²) in [6.45, 7) is -0.410. The number of halogens is 2. The molecule has 0 aromatic rings. The number of esters is 1. The third-order valence-corrected chi connectivity index (χ3v) is 0.783. The van der Waals surface area contributed by atoms with Gasteiger partial charge in [0.25, 0.3) is 5.24 Å². The Morgan fingerprint density at radius 2 is 2.00 bits per heavy atom. The smallest absolute Gasteiger partial charge is 0.321 e. The fourth-order valence-corrected chi connectivity index (χ4v) is 0.308. The van der Waals surface area contributed by atoms with Gasteiger partial charge < -0.3 is 4.74 Å². The molecule has 3 nitrogen and oxygen atoms in total. The van der Waals surface area contributed by atoms with Gasteiger partial charge in [-0.25, -0.2) is 0 Å². The standard InChI is InChI=1S/C4H4Cl2O3/c5-1-4(8)9-2-3(6)7/h1-2H2. The van der Waals surface area contributed by atoms with Crippen LogP contribution in [0.1, 0.15) is 0 Å². The van der Waals surface area contributed by atoms with Crippen molar-refractivity contribution in [2.24, 2.45) is 0 Å². The van der Waals surface area contributed by atoms with Gasteiger partial charge in [0.1, 0.15) is 5.88 Å². The highest BCUT2D eigenvalue weighted by atomic mass is 35.5. The van der Waals surface area contributed by atoms with E-state index < -0.39 is 17.8 Å². The molecule has 0 unspecified atom stereocenters. The van der Waals surface area contributed by atoms with Gasteiger partial charge in [0, 0.05) is 0 Å². The Morgan fingerprint density at radius 1 is 1.44 bits per heavy atom. The third-order valence-electron chi connectivity index (χ3n) is 0.456. The summed E-state index contributed by atoms with van der Waals surface area (Å²) in [6.07, 6.45) is 0. The zero-order valence-corrected chi connectivity index (χ0v) is 5.91. The van der Waals surface area contributed by atoms with Gasteiger partial charge in [0.05, 0.1) is 0 Å². The molecule has 52 valence electrons. The third kappa shape index (κ3) is 5.59. The Kier molecular flexibility index (Phi) is 4.44. The first kappa shape index (κ1) is 8.72. The average molecular weight is 171 g/mol. The van der Waals surface area contributed by atoms with Crippen molar-refractivity contribution < 1.29 is 14.3 Å². The molecule has 0 saturated carbocycles. The first-order chi connectivity index (χ1) is 4.16. The van der Waals surface area contributed by atoms with Crippen LogP contribution in [0.4, 0.5) is 0 Å². The lowest BCUT2D eigenvalue weighted by Crippen LogP contribution is -2.10. The lowest BCUT2D eigenvalue weighted by Gasteiger charge is -1.94. The Labute approximate surface area is 61.9 Å². The van der Waals surface area contributed by atoms with Gasteiger partial charge in [-0.1, -0.05) is 0 Å². The highest BCUT2D eigenvalue weighted by molar-refractivity contribution is 6.64. The van der Waals surface area contributed by atoms with Crippen molar-refractivity contribution in [1.29, 1.82) is 0 Å². The first-order valence-electron chi connectivity index (χ1n) is 2.06. The van der Waals surface area contributed by atoms with Crippen LogP contribution in [0.25, 0.3) is 0 Å². The minimum Gasteiger partial charge on any atom is -0.455 e. The largest absolute Gasteiger partial charge is 0.455 e. The predicted molar refractivity (Wildman–Crippen MR) is 32.5 cm³/mol. The van der Waals surface area contributed by atoms with Crippen LogP contribution in [-0.4, -0.2) is 23.7 Å². The molecule has 5 heteroatoms. The second kappa shape index (κ2) is 4.58. The van der Waals surface area contributed by atoms with Gasteiger partial charge in [-0.15, -0.1) is 11.6 Å². The van der Waals surface area contributed by atoms with Crippen molar-refractivity contribution in [1.82, 2.24) is 0 Å². The average Bonchev–Trinajstić information content (AvgIpc) is 1.83. The van der Waals surface area contributed by atoms with Crippen molar-refractivity contribution in [3.8, 4) is 0 Å². The first-order valence-corrected chi connectivity index (χ1v) is 2.98. The maximum absolute atomic E-state index is 10.2. The Hall–Kier alpha value is -0.280. The van der Waals surface area contributed by atoms with Gasteiger partial charge in [-0.05, 0) is 11.6 Å². The Bertz CT molecular complexity index is 123. The molecule has 0 rings (SSSR count). The molecule has 0 fully saturated rings. The lowest BCUT2D eigenvalue weighted by atomic mass is 10.7. The summed E-state index contributed by atoms with van der Waals surface area (Å²) in [7, 11) is 0. The van der Waals surface area contributed by atoms with E-state index in [4.69, 9.17) is 23.2 Å². The van der Waals surface area contributed by atoms with Crippen molar-refractivity contribution in [3.63, 3.8) is 0 Å². The summed E-state index contributed by atoms with van der Waals surface area (Å²) in [5.74, 6) is -0.907. The topological polar surface area (TPSA) is 43.4 Å². The zero-order valence-electron chi connectivity index (χ0n) is 4.39. The number of carbonyl (C=O) groups is 2. The van der Waals surface area contributed by atoms with Gasteiger partial charge in [0.2, 0.25) is 0 Å². The van der Waals surface area contributed by atoms with Crippen molar-refractivity contribution in [3.05, 3.63) is 0 Å². The molecule has 0 bridgehead atoms. The van der Waals surface area contributed by atoms with Crippen LogP contribution >= 0.6 is 23.2 Å². The van der Waals surface area contributed by atoms with Crippen LogP contribution in [0.5, 0.6) is 0 Å². The monoisotopic (exact) mass is 170 g/mol. The van der Waals surface area contributed by atoms with Crippen LogP contribution in [0, 0.1) is 0 Å². The molecular formula is C4H4Cl2O3. The van der Waals surface area contributed by atoms with Crippen LogP contribution in [0.2, 0.25) is 0 Å². The van der Waals surface area contributed by atoms with Gasteiger partial charge in [-0.3, -0.25) is 9.59 Å². The molecule has 0 aromatic carbocycles. The summed E-state index contributed by atoms with van der Waals surface area (Å²) in [5, 5.41) is -0.714. The minimum atomic E-state index is -0.714. The number of hydrogen-bond donors (Lipinski definition) is 0. The Morgan fingerprint density at radius 3 is 2.33 bits per heavy atom. The second-order valence-electron chi connectivity index (χ2n) is 1.15. The van der Waals surface area contributed by atoms with Crippen LogP contribution in [0.15, 0.2) is 0 Å². The number of ether oxygens (including phenoxy) is 1. The lowest BCUT2D eigenvalue weighted by molar-refractivity contribution is -0.143. The van der Waals surface area contributed by atoms with Gasteiger partial charge in [0.15, 0.2) is 6.61 Å². The van der Waals surface area contributed by atoms with E-state index in [1.54, 1.807) is 0 Å². The van der Waals surface area contributed by atoms with E-state index in [-0.39, 0.29) is 5.88 Å². The predicted octanol–water partition coefficient (Wildman–Crippen LogP) is 0.534. The highest BCUT2D eigenvalue weighted by Gasteiger charge is 2.01. The van der Waals surface area contributed by atoms with E-state index >= 15 is 0 Å². The molecule has 0 atom stereocenters. The van der Waals surface area contributed by atoms with Crippen LogP contribution in [-0.2, 0) is 14.3 Å². The molecule has 0 radical (unpaired) electrons. The molecule has 0 aromatic heterocycles. The fourth-order valence-electron chi connectivity index (χ4n) is 0.176. The summed E-state index contributed by atoms with van der Waals surface area (Å²) >= 11 is 9.83. The maximum Gasteiger partial charge on any atom is 0.321 e. The van der Waals surface area contributed by atoms with Crippen molar-refractivity contribution >= 4 is 34.4 Å². The summed E-state index contributed by atoms with van der Waals surface area (Å²) in [4.78, 5) is 20.1. The van der Waals surface area contributed by atoms with Crippen molar-refractivity contribution in [2.75, 3.05) is 12.5 Å². The number of carbonyl (C=O) groups excluding carboxylic acids is 2. The Balaban J connectivity index is 3.28. The van der Waals surface area contributed by atoms with Crippen LogP contribution < -0.4 is 0 Å². The van der Waals surface area contributed by atoms with E-state index in [2.05, 4.69) is 4.74 Å². The molecular weight excluding hydrogens is 167 g/mol. The molecule has 0 spiro atoms. The van der Waals surface area contributed by atoms with E-state index in [9.17, 15) is 9.59 Å². The molecule has 0 aliphatic heterocycles. The molecule has 0 aliphatic carbocycles. The number of alkyl halides is 1. The molecule has 0 heterocycles.